The zero-order valence-electron chi connectivity index (χ0n) is 16.1. The van der Waals surface area contributed by atoms with Crippen LogP contribution in [0, 0.1) is 24.7 Å². The number of benzene rings is 2. The summed E-state index contributed by atoms with van der Waals surface area (Å²) in [4.78, 5) is 23.6. The Morgan fingerprint density at radius 1 is 0.862 bits per heavy atom. The van der Waals surface area contributed by atoms with Gasteiger partial charge in [-0.15, -0.1) is 12.8 Å². The molecule has 0 aliphatic rings. The molecule has 6 heteroatoms. The first-order valence-corrected chi connectivity index (χ1v) is 8.60. The van der Waals surface area contributed by atoms with Gasteiger partial charge in [-0.2, -0.15) is 0 Å². The van der Waals surface area contributed by atoms with Crippen LogP contribution in [0.5, 0.6) is 11.5 Å². The van der Waals surface area contributed by atoms with Crippen LogP contribution in [-0.4, -0.2) is 35.4 Å². The molecule has 0 amide bonds. The lowest BCUT2D eigenvalue weighted by molar-refractivity contribution is 0.0686. The highest BCUT2D eigenvalue weighted by atomic mass is 16.5. The molecule has 0 saturated carbocycles. The highest BCUT2D eigenvalue weighted by molar-refractivity contribution is 5.93. The molecule has 2 aromatic carbocycles. The second kappa shape index (κ2) is 8.86. The third-order valence-corrected chi connectivity index (χ3v) is 4.43. The normalized spacial score (nSPS) is 10.5. The van der Waals surface area contributed by atoms with Crippen LogP contribution >= 0.6 is 0 Å². The third kappa shape index (κ3) is 4.69. The van der Waals surface area contributed by atoms with E-state index in [0.29, 0.717) is 22.6 Å². The number of carboxylic acid groups (broad SMARTS) is 2. The molecule has 148 valence electrons. The Kier molecular flexibility index (Phi) is 6.54. The molecule has 0 bridgehead atoms. The van der Waals surface area contributed by atoms with Crippen molar-refractivity contribution in [3.63, 3.8) is 0 Å². The van der Waals surface area contributed by atoms with Gasteiger partial charge in [-0.3, -0.25) is 0 Å². The number of terminal acetylenes is 2. The summed E-state index contributed by atoms with van der Waals surface area (Å²) >= 11 is 0. The highest BCUT2D eigenvalue weighted by Crippen LogP contribution is 2.39. The minimum atomic E-state index is -1.15. The van der Waals surface area contributed by atoms with Crippen molar-refractivity contribution in [2.75, 3.05) is 13.2 Å². The van der Waals surface area contributed by atoms with Crippen LogP contribution in [0.1, 0.15) is 45.7 Å². The van der Waals surface area contributed by atoms with Crippen LogP contribution < -0.4 is 9.47 Å². The summed E-state index contributed by atoms with van der Waals surface area (Å²) < 4.78 is 10.8. The average molecular weight is 392 g/mol. The molecule has 0 fully saturated rings. The van der Waals surface area contributed by atoms with E-state index in [1.165, 1.54) is 24.3 Å². The molecule has 6 nitrogen and oxygen atoms in total. The van der Waals surface area contributed by atoms with Gasteiger partial charge in [0.1, 0.15) is 24.7 Å². The van der Waals surface area contributed by atoms with Gasteiger partial charge in [0.15, 0.2) is 0 Å². The molecule has 0 aromatic heterocycles. The quantitative estimate of drug-likeness (QED) is 0.669. The lowest BCUT2D eigenvalue weighted by atomic mass is 9.74. The lowest BCUT2D eigenvalue weighted by Crippen LogP contribution is -2.25. The minimum Gasteiger partial charge on any atom is -0.481 e. The molecule has 0 radical (unpaired) electrons. The van der Waals surface area contributed by atoms with E-state index in [2.05, 4.69) is 11.8 Å². The molecule has 0 aliphatic carbocycles. The molecule has 0 heterocycles. The Balaban J connectivity index is 2.70. The van der Waals surface area contributed by atoms with Crippen LogP contribution in [0.2, 0.25) is 0 Å². The van der Waals surface area contributed by atoms with Crippen molar-refractivity contribution < 1.29 is 29.3 Å². The van der Waals surface area contributed by atoms with E-state index in [4.69, 9.17) is 22.3 Å². The maximum absolute atomic E-state index is 11.8. The number of ether oxygens (including phenoxy) is 2. The topological polar surface area (TPSA) is 93.1 Å². The molecule has 0 aliphatic heterocycles. The van der Waals surface area contributed by atoms with Gasteiger partial charge < -0.3 is 19.7 Å². The van der Waals surface area contributed by atoms with Gasteiger partial charge in [0.05, 0.1) is 11.1 Å². The van der Waals surface area contributed by atoms with E-state index in [-0.39, 0.29) is 24.3 Å². The maximum atomic E-state index is 11.8. The van der Waals surface area contributed by atoms with E-state index in [0.717, 1.165) is 0 Å². The highest BCUT2D eigenvalue weighted by Gasteiger charge is 2.32. The first-order chi connectivity index (χ1) is 13.7. The van der Waals surface area contributed by atoms with Gasteiger partial charge in [-0.05, 0) is 47.5 Å². The Morgan fingerprint density at radius 2 is 1.24 bits per heavy atom. The fraction of sp³-hybridized carbons (Fsp3) is 0.217. The average Bonchev–Trinajstić information content (AvgIpc) is 2.70. The smallest absolute Gasteiger partial charge is 0.335 e. The van der Waals surface area contributed by atoms with Crippen molar-refractivity contribution in [2.24, 2.45) is 0 Å². The van der Waals surface area contributed by atoms with Crippen LogP contribution in [0.15, 0.2) is 36.4 Å². The molecule has 2 N–H and O–H groups in total. The first kappa shape index (κ1) is 21.4. The summed E-state index contributed by atoms with van der Waals surface area (Å²) in [5, 5.41) is 19.3. The van der Waals surface area contributed by atoms with Gasteiger partial charge in [0.25, 0.3) is 0 Å². The molecular weight excluding hydrogens is 372 g/mol. The monoisotopic (exact) mass is 392 g/mol. The summed E-state index contributed by atoms with van der Waals surface area (Å²) in [6.07, 6.45) is 10.4. The van der Waals surface area contributed by atoms with Gasteiger partial charge >= 0.3 is 11.9 Å². The van der Waals surface area contributed by atoms with Crippen molar-refractivity contribution in [2.45, 2.75) is 19.3 Å². The number of hydrogen-bond acceptors (Lipinski definition) is 4. The zero-order valence-corrected chi connectivity index (χ0v) is 16.1. The largest absolute Gasteiger partial charge is 0.481 e. The zero-order chi connectivity index (χ0) is 21.6. The van der Waals surface area contributed by atoms with Crippen molar-refractivity contribution >= 4 is 11.9 Å². The number of rotatable bonds is 8. The number of carboxylic acids is 2. The van der Waals surface area contributed by atoms with Crippen molar-refractivity contribution in [3.8, 4) is 36.2 Å². The summed E-state index contributed by atoms with van der Waals surface area (Å²) in [5.74, 6) is 3.16. The van der Waals surface area contributed by atoms with Gasteiger partial charge in [-0.25, -0.2) is 9.59 Å². The van der Waals surface area contributed by atoms with Crippen LogP contribution in [-0.2, 0) is 5.41 Å². The van der Waals surface area contributed by atoms with Gasteiger partial charge in [-0.1, -0.05) is 25.7 Å². The number of aromatic carboxylic acids is 2. The summed E-state index contributed by atoms with van der Waals surface area (Å²) in [5.41, 5.74) is -0.233. The van der Waals surface area contributed by atoms with Crippen molar-refractivity contribution in [3.05, 3.63) is 58.7 Å². The van der Waals surface area contributed by atoms with E-state index < -0.39 is 17.4 Å². The minimum absolute atomic E-state index is 0.0159. The van der Waals surface area contributed by atoms with E-state index in [1.807, 2.05) is 0 Å². The van der Waals surface area contributed by atoms with Crippen LogP contribution in [0.25, 0.3) is 0 Å². The molecule has 0 unspecified atom stereocenters. The predicted octanol–water partition coefficient (Wildman–Crippen LogP) is 3.43. The maximum Gasteiger partial charge on any atom is 0.335 e. The standard InChI is InChI=1S/C23H20O6/c1-5-11-28-15-7-9-17(21(24)25)19(13-15)23(3,4)20-14-16(29-12-6-2)8-10-18(20)22(26)27/h1-2,7-10,13-14H,11-12H2,3-4H3,(H,24,25)(H,26,27). The number of hydrogen-bond donors (Lipinski definition) is 2. The van der Waals surface area contributed by atoms with E-state index in [1.54, 1.807) is 26.0 Å². The molecule has 2 aromatic rings. The molecule has 0 saturated heterocycles. The Bertz CT molecular complexity index is 939. The molecule has 29 heavy (non-hydrogen) atoms. The fourth-order valence-corrected chi connectivity index (χ4v) is 3.03. The predicted molar refractivity (Wildman–Crippen MR) is 108 cm³/mol. The van der Waals surface area contributed by atoms with Gasteiger partial charge in [0, 0.05) is 5.41 Å². The van der Waals surface area contributed by atoms with Crippen LogP contribution in [0.4, 0.5) is 0 Å². The summed E-state index contributed by atoms with van der Waals surface area (Å²) in [7, 11) is 0. The Morgan fingerprint density at radius 3 is 1.55 bits per heavy atom. The fourth-order valence-electron chi connectivity index (χ4n) is 3.03. The SMILES string of the molecule is C#CCOc1ccc(C(=O)O)c(C(C)(C)c2cc(OCC#C)ccc2C(=O)O)c1. The lowest BCUT2D eigenvalue weighted by Gasteiger charge is -2.30. The van der Waals surface area contributed by atoms with E-state index >= 15 is 0 Å². The molecular formula is C23H20O6. The Labute approximate surface area is 169 Å². The molecule has 0 atom stereocenters. The summed E-state index contributed by atoms with van der Waals surface area (Å²) in [6.45, 7) is 3.49. The van der Waals surface area contributed by atoms with E-state index in [9.17, 15) is 19.8 Å². The second-order valence-corrected chi connectivity index (χ2v) is 6.64. The summed E-state index contributed by atoms with van der Waals surface area (Å²) in [6, 6.07) is 8.94. The molecule has 0 spiro atoms. The van der Waals surface area contributed by atoms with Gasteiger partial charge in [0.2, 0.25) is 0 Å². The number of carbonyl (C=O) groups is 2. The Hall–Kier alpha value is -3.90. The first-order valence-electron chi connectivity index (χ1n) is 8.60. The molecule has 2 rings (SSSR count). The third-order valence-electron chi connectivity index (χ3n) is 4.43. The van der Waals surface area contributed by atoms with Crippen LogP contribution in [0.3, 0.4) is 0 Å². The van der Waals surface area contributed by atoms with Crippen molar-refractivity contribution in [1.82, 2.24) is 0 Å². The van der Waals surface area contributed by atoms with Crippen molar-refractivity contribution in [1.29, 1.82) is 0 Å². The second-order valence-electron chi connectivity index (χ2n) is 6.64.